The highest BCUT2D eigenvalue weighted by molar-refractivity contribution is 4.98. The quantitative estimate of drug-likeness (QED) is 0.749. The van der Waals surface area contributed by atoms with Crippen LogP contribution in [-0.4, -0.2) is 17.8 Å². The van der Waals surface area contributed by atoms with Crippen LogP contribution in [0, 0.1) is 17.3 Å². The lowest BCUT2D eigenvalue weighted by Crippen LogP contribution is -2.46. The predicted molar refractivity (Wildman–Crippen MR) is 62.5 cm³/mol. The topological polar surface area (TPSA) is 46.2 Å². The van der Waals surface area contributed by atoms with Gasteiger partial charge in [0.15, 0.2) is 0 Å². The van der Waals surface area contributed by atoms with Crippen LogP contribution in [0.5, 0.6) is 0 Å². The third-order valence-electron chi connectivity index (χ3n) is 4.95. The van der Waals surface area contributed by atoms with E-state index in [4.69, 9.17) is 5.73 Å². The molecule has 0 saturated heterocycles. The Morgan fingerprint density at radius 2 is 2.13 bits per heavy atom. The lowest BCUT2D eigenvalue weighted by Gasteiger charge is -2.42. The summed E-state index contributed by atoms with van der Waals surface area (Å²) in [5.41, 5.74) is 6.02. The van der Waals surface area contributed by atoms with E-state index in [1.165, 1.54) is 32.1 Å². The normalized spacial score (nSPS) is 39.0. The average Bonchev–Trinajstić information content (AvgIpc) is 2.59. The van der Waals surface area contributed by atoms with E-state index in [0.29, 0.717) is 12.5 Å². The Bertz CT molecular complexity index is 215. The van der Waals surface area contributed by atoms with Crippen LogP contribution >= 0.6 is 0 Å². The Hall–Kier alpha value is -0.0800. The number of nitrogens with two attached hydrogens (primary N) is 1. The molecule has 0 aromatic rings. The van der Waals surface area contributed by atoms with Crippen molar-refractivity contribution in [2.24, 2.45) is 23.0 Å². The zero-order valence-electron chi connectivity index (χ0n) is 9.91. The highest BCUT2D eigenvalue weighted by Crippen LogP contribution is 2.49. The summed E-state index contributed by atoms with van der Waals surface area (Å²) >= 11 is 0. The Morgan fingerprint density at radius 1 is 1.40 bits per heavy atom. The largest absolute Gasteiger partial charge is 0.392 e. The Morgan fingerprint density at radius 3 is 2.53 bits per heavy atom. The van der Waals surface area contributed by atoms with Gasteiger partial charge in [0.05, 0.1) is 6.10 Å². The molecule has 3 unspecified atom stereocenters. The van der Waals surface area contributed by atoms with Gasteiger partial charge in [-0.05, 0) is 43.9 Å². The maximum absolute atomic E-state index is 10.5. The van der Waals surface area contributed by atoms with Crippen molar-refractivity contribution in [1.82, 2.24) is 0 Å². The van der Waals surface area contributed by atoms with Gasteiger partial charge < -0.3 is 10.8 Å². The smallest absolute Gasteiger partial charge is 0.0636 e. The van der Waals surface area contributed by atoms with E-state index in [1.54, 1.807) is 0 Å². The fourth-order valence-electron chi connectivity index (χ4n) is 3.45. The van der Waals surface area contributed by atoms with Gasteiger partial charge in [-0.25, -0.2) is 0 Å². The summed E-state index contributed by atoms with van der Waals surface area (Å²) in [6, 6.07) is 0. The standard InChI is InChI=1S/C13H25NO/c1-2-10-6-7-13(8-10,9-14)12(15)11-4-3-5-11/h10-12,15H,2-9,14H2,1H3. The molecule has 0 bridgehead atoms. The molecule has 2 fully saturated rings. The van der Waals surface area contributed by atoms with Gasteiger partial charge in [-0.2, -0.15) is 0 Å². The second-order valence-electron chi connectivity index (χ2n) is 5.72. The van der Waals surface area contributed by atoms with Crippen LogP contribution in [0.2, 0.25) is 0 Å². The van der Waals surface area contributed by atoms with E-state index < -0.39 is 0 Å². The van der Waals surface area contributed by atoms with Crippen molar-refractivity contribution >= 4 is 0 Å². The molecular weight excluding hydrogens is 186 g/mol. The molecule has 2 aliphatic carbocycles. The summed E-state index contributed by atoms with van der Waals surface area (Å²) in [5, 5.41) is 10.5. The van der Waals surface area contributed by atoms with Gasteiger partial charge in [0.2, 0.25) is 0 Å². The average molecular weight is 211 g/mol. The van der Waals surface area contributed by atoms with Gasteiger partial charge in [0.25, 0.3) is 0 Å². The Labute approximate surface area is 93.2 Å². The fourth-order valence-corrected chi connectivity index (χ4v) is 3.45. The summed E-state index contributed by atoms with van der Waals surface area (Å²) in [5.74, 6) is 1.37. The molecule has 0 spiro atoms. The second kappa shape index (κ2) is 4.42. The van der Waals surface area contributed by atoms with Crippen molar-refractivity contribution in [3.63, 3.8) is 0 Å². The minimum Gasteiger partial charge on any atom is -0.392 e. The van der Waals surface area contributed by atoms with Crippen molar-refractivity contribution in [1.29, 1.82) is 0 Å². The molecule has 3 atom stereocenters. The number of aliphatic hydroxyl groups excluding tert-OH is 1. The van der Waals surface area contributed by atoms with Gasteiger partial charge in [-0.1, -0.05) is 19.8 Å². The maximum atomic E-state index is 10.5. The SMILES string of the molecule is CCC1CCC(CN)(C(O)C2CCC2)C1. The van der Waals surface area contributed by atoms with Gasteiger partial charge in [0, 0.05) is 12.0 Å². The molecule has 0 aromatic heterocycles. The number of hydrogen-bond acceptors (Lipinski definition) is 2. The van der Waals surface area contributed by atoms with Crippen LogP contribution in [0.15, 0.2) is 0 Å². The minimum atomic E-state index is -0.118. The van der Waals surface area contributed by atoms with Gasteiger partial charge in [-0.15, -0.1) is 0 Å². The summed E-state index contributed by atoms with van der Waals surface area (Å²) in [6.07, 6.45) is 8.47. The first-order valence-electron chi connectivity index (χ1n) is 6.60. The summed E-state index contributed by atoms with van der Waals surface area (Å²) < 4.78 is 0. The molecule has 2 nitrogen and oxygen atoms in total. The van der Waals surface area contributed by atoms with Crippen LogP contribution in [0.25, 0.3) is 0 Å². The van der Waals surface area contributed by atoms with E-state index >= 15 is 0 Å². The highest BCUT2D eigenvalue weighted by atomic mass is 16.3. The van der Waals surface area contributed by atoms with Crippen molar-refractivity contribution in [3.8, 4) is 0 Å². The zero-order valence-corrected chi connectivity index (χ0v) is 9.91. The predicted octanol–water partition coefficient (Wildman–Crippen LogP) is 2.30. The van der Waals surface area contributed by atoms with E-state index in [0.717, 1.165) is 18.8 Å². The summed E-state index contributed by atoms with van der Waals surface area (Å²) in [7, 11) is 0. The molecular formula is C13H25NO. The molecule has 88 valence electrons. The zero-order chi connectivity index (χ0) is 10.9. The first-order valence-corrected chi connectivity index (χ1v) is 6.60. The molecule has 2 aliphatic rings. The Kier molecular flexibility index (Phi) is 3.36. The Balaban J connectivity index is 2.01. The molecule has 2 heteroatoms. The molecule has 3 N–H and O–H groups in total. The van der Waals surface area contributed by atoms with E-state index in [1.807, 2.05) is 0 Å². The van der Waals surface area contributed by atoms with Gasteiger partial charge in [-0.3, -0.25) is 0 Å². The molecule has 2 rings (SSSR count). The van der Waals surface area contributed by atoms with Crippen molar-refractivity contribution in [2.75, 3.05) is 6.54 Å². The molecule has 0 aliphatic heterocycles. The van der Waals surface area contributed by atoms with Crippen LogP contribution < -0.4 is 5.73 Å². The molecule has 0 radical (unpaired) electrons. The maximum Gasteiger partial charge on any atom is 0.0636 e. The lowest BCUT2D eigenvalue weighted by molar-refractivity contribution is -0.0397. The molecule has 15 heavy (non-hydrogen) atoms. The van der Waals surface area contributed by atoms with E-state index in [2.05, 4.69) is 6.92 Å². The first kappa shape index (κ1) is 11.4. The molecule has 0 heterocycles. The number of rotatable bonds is 4. The number of aliphatic hydroxyl groups is 1. The lowest BCUT2D eigenvalue weighted by atomic mass is 9.68. The van der Waals surface area contributed by atoms with Crippen molar-refractivity contribution < 1.29 is 5.11 Å². The molecule has 0 aromatic carbocycles. The van der Waals surface area contributed by atoms with E-state index in [9.17, 15) is 5.11 Å². The minimum absolute atomic E-state index is 0.0752. The van der Waals surface area contributed by atoms with Crippen LogP contribution in [0.3, 0.4) is 0 Å². The van der Waals surface area contributed by atoms with Gasteiger partial charge in [0.1, 0.15) is 0 Å². The first-order chi connectivity index (χ1) is 7.22. The molecule has 2 saturated carbocycles. The van der Waals surface area contributed by atoms with Crippen molar-refractivity contribution in [2.45, 2.75) is 58.0 Å². The van der Waals surface area contributed by atoms with Gasteiger partial charge >= 0.3 is 0 Å². The van der Waals surface area contributed by atoms with Crippen LogP contribution in [0.1, 0.15) is 51.9 Å². The monoisotopic (exact) mass is 211 g/mol. The summed E-state index contributed by atoms with van der Waals surface area (Å²) in [4.78, 5) is 0. The molecule has 0 amide bonds. The fraction of sp³-hybridized carbons (Fsp3) is 1.00. The van der Waals surface area contributed by atoms with Crippen molar-refractivity contribution in [3.05, 3.63) is 0 Å². The van der Waals surface area contributed by atoms with Crippen LogP contribution in [-0.2, 0) is 0 Å². The highest BCUT2D eigenvalue weighted by Gasteiger charge is 2.46. The summed E-state index contributed by atoms with van der Waals surface area (Å²) in [6.45, 7) is 2.94. The number of hydrogen-bond donors (Lipinski definition) is 2. The van der Waals surface area contributed by atoms with E-state index in [-0.39, 0.29) is 11.5 Å². The second-order valence-corrected chi connectivity index (χ2v) is 5.72. The van der Waals surface area contributed by atoms with Crippen LogP contribution in [0.4, 0.5) is 0 Å². The third-order valence-corrected chi connectivity index (χ3v) is 4.95. The third kappa shape index (κ3) is 1.94.